The van der Waals surface area contributed by atoms with Crippen molar-refractivity contribution in [3.05, 3.63) is 29.8 Å². The molecule has 1 aromatic rings. The summed E-state index contributed by atoms with van der Waals surface area (Å²) >= 11 is 0. The highest BCUT2D eigenvalue weighted by Gasteiger charge is 2.32. The largest absolute Gasteiger partial charge is 0.480 e. The Morgan fingerprint density at radius 3 is 2.89 bits per heavy atom. The fourth-order valence-corrected chi connectivity index (χ4v) is 2.48. The van der Waals surface area contributed by atoms with Crippen LogP contribution in [0.15, 0.2) is 24.3 Å². The van der Waals surface area contributed by atoms with Crippen LogP contribution in [-0.4, -0.2) is 23.7 Å². The van der Waals surface area contributed by atoms with E-state index in [0.29, 0.717) is 24.4 Å². The van der Waals surface area contributed by atoms with Crippen molar-refractivity contribution in [3.63, 3.8) is 0 Å². The first-order valence-corrected chi connectivity index (χ1v) is 6.12. The van der Waals surface area contributed by atoms with Crippen LogP contribution in [0.1, 0.15) is 25.3 Å². The lowest BCUT2D eigenvalue weighted by Gasteiger charge is -2.38. The highest BCUT2D eigenvalue weighted by Crippen LogP contribution is 2.30. The number of benzene rings is 1. The van der Waals surface area contributed by atoms with E-state index in [4.69, 9.17) is 5.26 Å². The van der Waals surface area contributed by atoms with Crippen LogP contribution in [0.3, 0.4) is 0 Å². The number of anilines is 1. The van der Waals surface area contributed by atoms with Gasteiger partial charge in [-0.3, -0.25) is 0 Å². The lowest BCUT2D eigenvalue weighted by molar-refractivity contribution is -0.139. The fraction of sp³-hybridized carbons (Fsp3) is 0.429. The Kier molecular flexibility index (Phi) is 3.52. The van der Waals surface area contributed by atoms with E-state index >= 15 is 0 Å². The summed E-state index contributed by atoms with van der Waals surface area (Å²) in [6.45, 7) is 2.76. The first-order chi connectivity index (χ1) is 8.63. The zero-order valence-corrected chi connectivity index (χ0v) is 10.3. The van der Waals surface area contributed by atoms with Crippen molar-refractivity contribution in [3.8, 4) is 6.07 Å². The summed E-state index contributed by atoms with van der Waals surface area (Å²) in [5.74, 6) is -0.397. The van der Waals surface area contributed by atoms with E-state index in [-0.39, 0.29) is 0 Å². The molecule has 0 aromatic heterocycles. The van der Waals surface area contributed by atoms with Gasteiger partial charge >= 0.3 is 5.97 Å². The molecule has 2 rings (SSSR count). The monoisotopic (exact) mass is 244 g/mol. The average Bonchev–Trinajstić information content (AvgIpc) is 2.38. The summed E-state index contributed by atoms with van der Waals surface area (Å²) in [6, 6.07) is 8.79. The zero-order valence-electron chi connectivity index (χ0n) is 10.3. The van der Waals surface area contributed by atoms with Gasteiger partial charge in [0.1, 0.15) is 12.1 Å². The zero-order chi connectivity index (χ0) is 13.1. The number of piperidine rings is 1. The van der Waals surface area contributed by atoms with Gasteiger partial charge in [-0.1, -0.05) is 19.1 Å². The summed E-state index contributed by atoms with van der Waals surface area (Å²) in [5, 5.41) is 18.4. The van der Waals surface area contributed by atoms with Crippen LogP contribution < -0.4 is 4.90 Å². The van der Waals surface area contributed by atoms with Crippen LogP contribution in [0.2, 0.25) is 0 Å². The third-order valence-electron chi connectivity index (χ3n) is 3.48. The number of carbonyl (C=O) groups is 1. The molecule has 1 aliphatic rings. The molecule has 1 aliphatic heterocycles. The fourth-order valence-electron chi connectivity index (χ4n) is 2.48. The number of para-hydroxylation sites is 1. The van der Waals surface area contributed by atoms with Crippen LogP contribution in [0.4, 0.5) is 5.69 Å². The van der Waals surface area contributed by atoms with E-state index in [1.165, 1.54) is 0 Å². The topological polar surface area (TPSA) is 64.3 Å². The molecule has 4 nitrogen and oxygen atoms in total. The Labute approximate surface area is 106 Å². The highest BCUT2D eigenvalue weighted by atomic mass is 16.4. The van der Waals surface area contributed by atoms with Gasteiger partial charge in [0.15, 0.2) is 0 Å². The molecule has 1 heterocycles. The second-order valence-electron chi connectivity index (χ2n) is 4.81. The minimum absolute atomic E-state index is 0.414. The molecule has 4 heteroatoms. The maximum absolute atomic E-state index is 11.4. The summed E-state index contributed by atoms with van der Waals surface area (Å²) in [7, 11) is 0. The first-order valence-electron chi connectivity index (χ1n) is 6.12. The van der Waals surface area contributed by atoms with Crippen molar-refractivity contribution in [1.82, 2.24) is 0 Å². The predicted octanol–water partition coefficient (Wildman–Crippen LogP) is 2.25. The number of carboxylic acid groups (broad SMARTS) is 1. The second kappa shape index (κ2) is 5.09. The summed E-state index contributed by atoms with van der Waals surface area (Å²) < 4.78 is 0. The molecule has 0 amide bonds. The number of carboxylic acids is 1. The molecule has 0 radical (unpaired) electrons. The molecular formula is C14H16N2O2. The number of nitriles is 1. The van der Waals surface area contributed by atoms with Gasteiger partial charge in [0.05, 0.1) is 11.3 Å². The van der Waals surface area contributed by atoms with Crippen molar-refractivity contribution in [2.45, 2.75) is 25.8 Å². The number of aliphatic carboxylic acids is 1. The third-order valence-corrected chi connectivity index (χ3v) is 3.48. The Bertz CT molecular complexity index is 493. The molecule has 0 bridgehead atoms. The van der Waals surface area contributed by atoms with Gasteiger partial charge in [-0.05, 0) is 30.9 Å². The Balaban J connectivity index is 2.36. The molecule has 18 heavy (non-hydrogen) atoms. The van der Waals surface area contributed by atoms with Crippen LogP contribution in [0.5, 0.6) is 0 Å². The maximum Gasteiger partial charge on any atom is 0.326 e. The van der Waals surface area contributed by atoms with Crippen molar-refractivity contribution < 1.29 is 9.90 Å². The van der Waals surface area contributed by atoms with Crippen molar-refractivity contribution in [1.29, 1.82) is 5.26 Å². The van der Waals surface area contributed by atoms with Gasteiger partial charge in [0, 0.05) is 6.54 Å². The van der Waals surface area contributed by atoms with Gasteiger partial charge in [0.25, 0.3) is 0 Å². The molecule has 2 atom stereocenters. The maximum atomic E-state index is 11.4. The van der Waals surface area contributed by atoms with Gasteiger partial charge < -0.3 is 10.0 Å². The molecular weight excluding hydrogens is 228 g/mol. The molecule has 0 spiro atoms. The number of hydrogen-bond donors (Lipinski definition) is 1. The standard InChI is InChI=1S/C14H16N2O2/c1-10-6-7-16(13(8-10)14(17)18)12-5-3-2-4-11(12)9-15/h2-5,10,13H,6-8H2,1H3,(H,17,18). The molecule has 0 aliphatic carbocycles. The smallest absolute Gasteiger partial charge is 0.326 e. The van der Waals surface area contributed by atoms with Crippen LogP contribution in [0, 0.1) is 17.2 Å². The quantitative estimate of drug-likeness (QED) is 0.866. The van der Waals surface area contributed by atoms with Gasteiger partial charge in [-0.2, -0.15) is 5.26 Å². The molecule has 2 unspecified atom stereocenters. The van der Waals surface area contributed by atoms with E-state index in [1.54, 1.807) is 12.1 Å². The third kappa shape index (κ3) is 2.30. The minimum Gasteiger partial charge on any atom is -0.480 e. The summed E-state index contributed by atoms with van der Waals surface area (Å²) in [4.78, 5) is 13.2. The molecule has 1 saturated heterocycles. The van der Waals surface area contributed by atoms with E-state index < -0.39 is 12.0 Å². The lowest BCUT2D eigenvalue weighted by Crippen LogP contribution is -2.47. The van der Waals surface area contributed by atoms with Crippen molar-refractivity contribution in [2.24, 2.45) is 5.92 Å². The van der Waals surface area contributed by atoms with Crippen LogP contribution in [-0.2, 0) is 4.79 Å². The summed E-state index contributed by atoms with van der Waals surface area (Å²) in [5.41, 5.74) is 1.28. The van der Waals surface area contributed by atoms with Crippen molar-refractivity contribution in [2.75, 3.05) is 11.4 Å². The Morgan fingerprint density at radius 1 is 1.50 bits per heavy atom. The SMILES string of the molecule is CC1CCN(c2ccccc2C#N)C(C(=O)O)C1. The minimum atomic E-state index is -0.811. The van der Waals surface area contributed by atoms with E-state index in [9.17, 15) is 9.90 Å². The number of rotatable bonds is 2. The Morgan fingerprint density at radius 2 is 2.22 bits per heavy atom. The average molecular weight is 244 g/mol. The van der Waals surface area contributed by atoms with Crippen molar-refractivity contribution >= 4 is 11.7 Å². The number of nitrogens with zero attached hydrogens (tertiary/aromatic N) is 2. The summed E-state index contributed by atoms with van der Waals surface area (Å²) in [6.07, 6.45) is 1.60. The van der Waals surface area contributed by atoms with E-state index in [0.717, 1.165) is 12.1 Å². The van der Waals surface area contributed by atoms with Crippen LogP contribution >= 0.6 is 0 Å². The predicted molar refractivity (Wildman–Crippen MR) is 68.3 cm³/mol. The normalized spacial score (nSPS) is 23.4. The Hall–Kier alpha value is -2.02. The second-order valence-corrected chi connectivity index (χ2v) is 4.81. The first kappa shape index (κ1) is 12.4. The molecule has 1 aromatic carbocycles. The van der Waals surface area contributed by atoms with Gasteiger partial charge in [0.2, 0.25) is 0 Å². The van der Waals surface area contributed by atoms with E-state index in [2.05, 4.69) is 13.0 Å². The lowest BCUT2D eigenvalue weighted by atomic mass is 9.91. The van der Waals surface area contributed by atoms with Crippen LogP contribution in [0.25, 0.3) is 0 Å². The molecule has 1 N–H and O–H groups in total. The number of hydrogen-bond acceptors (Lipinski definition) is 3. The van der Waals surface area contributed by atoms with Gasteiger partial charge in [-0.25, -0.2) is 4.79 Å². The van der Waals surface area contributed by atoms with E-state index in [1.807, 2.05) is 17.0 Å². The molecule has 1 fully saturated rings. The molecule has 94 valence electrons. The highest BCUT2D eigenvalue weighted by molar-refractivity contribution is 5.79. The van der Waals surface area contributed by atoms with Gasteiger partial charge in [-0.15, -0.1) is 0 Å². The molecule has 0 saturated carbocycles.